The van der Waals surface area contributed by atoms with Gasteiger partial charge in [0, 0.05) is 37.9 Å². The Morgan fingerprint density at radius 3 is 2.61 bits per heavy atom. The summed E-state index contributed by atoms with van der Waals surface area (Å²) in [5, 5.41) is 2.58. The Labute approximate surface area is 134 Å². The normalized spacial score (nSPS) is 18.3. The summed E-state index contributed by atoms with van der Waals surface area (Å²) in [6.45, 7) is 1.90. The summed E-state index contributed by atoms with van der Waals surface area (Å²) in [5.41, 5.74) is 0.914. The van der Waals surface area contributed by atoms with Crippen molar-refractivity contribution in [2.24, 2.45) is 0 Å². The quantitative estimate of drug-likeness (QED) is 0.895. The molecule has 0 radical (unpaired) electrons. The maximum atomic E-state index is 13.3. The summed E-state index contributed by atoms with van der Waals surface area (Å²) in [5.74, 6) is -2.73. The smallest absolute Gasteiger partial charge is 0.321 e. The van der Waals surface area contributed by atoms with Gasteiger partial charge in [-0.3, -0.25) is 0 Å². The van der Waals surface area contributed by atoms with E-state index in [4.69, 9.17) is 0 Å². The average Bonchev–Trinajstić information content (AvgIpc) is 2.60. The number of carbonyl (C=O) groups is 1. The van der Waals surface area contributed by atoms with Crippen LogP contribution in [0, 0.1) is 6.92 Å². The van der Waals surface area contributed by atoms with Crippen molar-refractivity contribution in [3.8, 4) is 0 Å². The molecule has 0 aromatic heterocycles. The van der Waals surface area contributed by atoms with E-state index in [0.29, 0.717) is 11.3 Å². The van der Waals surface area contributed by atoms with Crippen molar-refractivity contribution in [1.29, 1.82) is 0 Å². The second kappa shape index (κ2) is 6.43. The van der Waals surface area contributed by atoms with Crippen LogP contribution in [0.1, 0.15) is 24.8 Å². The number of rotatable bonds is 2. The molecule has 0 atom stereocenters. The lowest BCUT2D eigenvalue weighted by Crippen LogP contribution is -2.36. The van der Waals surface area contributed by atoms with Gasteiger partial charge in [-0.15, -0.1) is 0 Å². The van der Waals surface area contributed by atoms with Crippen LogP contribution in [0.4, 0.5) is 19.3 Å². The summed E-state index contributed by atoms with van der Waals surface area (Å²) in [4.78, 5) is 13.7. The lowest BCUT2D eigenvalue weighted by molar-refractivity contribution is -0.0121. The maximum Gasteiger partial charge on any atom is 0.321 e. The van der Waals surface area contributed by atoms with E-state index in [0.717, 1.165) is 6.26 Å². The van der Waals surface area contributed by atoms with E-state index in [9.17, 15) is 22.0 Å². The van der Waals surface area contributed by atoms with Crippen LogP contribution in [-0.2, 0) is 9.84 Å². The zero-order valence-electron chi connectivity index (χ0n) is 13.1. The van der Waals surface area contributed by atoms with Crippen molar-refractivity contribution in [2.45, 2.75) is 37.0 Å². The third-order valence-electron chi connectivity index (χ3n) is 3.84. The highest BCUT2D eigenvalue weighted by Crippen LogP contribution is 2.28. The number of nitrogens with one attached hydrogen (secondary N) is 1. The van der Waals surface area contributed by atoms with Crippen LogP contribution in [0.3, 0.4) is 0 Å². The van der Waals surface area contributed by atoms with Gasteiger partial charge >= 0.3 is 6.03 Å². The zero-order valence-corrected chi connectivity index (χ0v) is 13.9. The lowest BCUT2D eigenvalue weighted by atomic mass is 10.1. The van der Waals surface area contributed by atoms with Gasteiger partial charge in [0.1, 0.15) is 0 Å². The van der Waals surface area contributed by atoms with Gasteiger partial charge in [-0.2, -0.15) is 0 Å². The molecule has 1 aliphatic heterocycles. The number of hydrogen-bond acceptors (Lipinski definition) is 3. The molecular formula is C15H20F2N2O3S. The molecular weight excluding hydrogens is 326 g/mol. The molecule has 1 aromatic carbocycles. The van der Waals surface area contributed by atoms with Crippen LogP contribution in [0.5, 0.6) is 0 Å². The molecule has 0 unspecified atom stereocenters. The monoisotopic (exact) mass is 346 g/mol. The number of alkyl halides is 2. The third-order valence-corrected chi connectivity index (χ3v) is 5.08. The van der Waals surface area contributed by atoms with Crippen LogP contribution in [0.2, 0.25) is 0 Å². The molecule has 0 bridgehead atoms. The first-order chi connectivity index (χ1) is 10.6. The molecule has 1 saturated heterocycles. The highest BCUT2D eigenvalue weighted by Gasteiger charge is 2.33. The number of hydrogen-bond donors (Lipinski definition) is 1. The molecule has 1 N–H and O–H groups in total. The molecule has 8 heteroatoms. The van der Waals surface area contributed by atoms with Crippen LogP contribution in [0.15, 0.2) is 23.1 Å². The maximum absolute atomic E-state index is 13.3. The number of anilines is 1. The van der Waals surface area contributed by atoms with Gasteiger partial charge in [-0.05, 0) is 31.0 Å². The third kappa shape index (κ3) is 4.63. The van der Waals surface area contributed by atoms with Crippen molar-refractivity contribution >= 4 is 21.6 Å². The van der Waals surface area contributed by atoms with Crippen molar-refractivity contribution in [1.82, 2.24) is 4.90 Å². The van der Waals surface area contributed by atoms with E-state index in [1.54, 1.807) is 19.1 Å². The molecule has 23 heavy (non-hydrogen) atoms. The van der Waals surface area contributed by atoms with Gasteiger partial charge in [0.05, 0.1) is 4.90 Å². The molecule has 1 fully saturated rings. The predicted molar refractivity (Wildman–Crippen MR) is 83.7 cm³/mol. The minimum Gasteiger partial charge on any atom is -0.324 e. The largest absolute Gasteiger partial charge is 0.324 e. The Hall–Kier alpha value is -1.70. The highest BCUT2D eigenvalue weighted by atomic mass is 32.2. The number of sulfone groups is 1. The number of aryl methyl sites for hydroxylation is 1. The molecule has 2 rings (SSSR count). The fourth-order valence-electron chi connectivity index (χ4n) is 2.55. The fraction of sp³-hybridized carbons (Fsp3) is 0.533. The predicted octanol–water partition coefficient (Wildman–Crippen LogP) is 3.05. The Bertz CT molecular complexity index is 705. The first-order valence-corrected chi connectivity index (χ1v) is 9.22. The van der Waals surface area contributed by atoms with Crippen molar-refractivity contribution in [3.63, 3.8) is 0 Å². The van der Waals surface area contributed by atoms with Gasteiger partial charge in [-0.1, -0.05) is 6.07 Å². The second-order valence-electron chi connectivity index (χ2n) is 5.88. The van der Waals surface area contributed by atoms with Gasteiger partial charge in [0.15, 0.2) is 9.84 Å². The van der Waals surface area contributed by atoms with Crippen LogP contribution in [-0.4, -0.2) is 44.6 Å². The first kappa shape index (κ1) is 17.7. The minimum absolute atomic E-state index is 0.0242. The summed E-state index contributed by atoms with van der Waals surface area (Å²) in [6.07, 6.45) is 0.753. The lowest BCUT2D eigenvalue weighted by Gasteiger charge is -2.21. The average molecular weight is 346 g/mol. The van der Waals surface area contributed by atoms with Crippen LogP contribution < -0.4 is 5.32 Å². The number of urea groups is 1. The Kier molecular flexibility index (Phi) is 4.93. The van der Waals surface area contributed by atoms with E-state index in [1.165, 1.54) is 11.0 Å². The first-order valence-electron chi connectivity index (χ1n) is 7.33. The molecule has 0 saturated carbocycles. The molecule has 1 aliphatic rings. The number of halogens is 2. The molecule has 0 spiro atoms. The van der Waals surface area contributed by atoms with Gasteiger partial charge in [0.2, 0.25) is 5.92 Å². The highest BCUT2D eigenvalue weighted by molar-refractivity contribution is 7.90. The van der Waals surface area contributed by atoms with Gasteiger partial charge in [-0.25, -0.2) is 22.0 Å². The van der Waals surface area contributed by atoms with Crippen molar-refractivity contribution in [2.75, 3.05) is 24.7 Å². The SMILES string of the molecule is Cc1ccc(NC(=O)N2CCCC(F)(F)CC2)cc1S(C)(=O)=O. The van der Waals surface area contributed by atoms with E-state index < -0.39 is 21.8 Å². The Balaban J connectivity index is 2.12. The molecule has 128 valence electrons. The topological polar surface area (TPSA) is 66.5 Å². The summed E-state index contributed by atoms with van der Waals surface area (Å²) in [6, 6.07) is 4.08. The van der Waals surface area contributed by atoms with E-state index in [-0.39, 0.29) is 37.2 Å². The molecule has 0 aliphatic carbocycles. The van der Waals surface area contributed by atoms with E-state index in [1.807, 2.05) is 0 Å². The Morgan fingerprint density at radius 2 is 1.96 bits per heavy atom. The summed E-state index contributed by atoms with van der Waals surface area (Å²) >= 11 is 0. The number of nitrogens with zero attached hydrogens (tertiary/aromatic N) is 1. The molecule has 2 amide bonds. The number of benzene rings is 1. The summed E-state index contributed by atoms with van der Waals surface area (Å²) in [7, 11) is -3.40. The van der Waals surface area contributed by atoms with Crippen molar-refractivity contribution < 1.29 is 22.0 Å². The zero-order chi connectivity index (χ0) is 17.3. The van der Waals surface area contributed by atoms with Gasteiger partial charge in [0.25, 0.3) is 0 Å². The minimum atomic E-state index is -3.40. The fourth-order valence-corrected chi connectivity index (χ4v) is 3.54. The van der Waals surface area contributed by atoms with Crippen molar-refractivity contribution in [3.05, 3.63) is 23.8 Å². The molecule has 1 aromatic rings. The van der Waals surface area contributed by atoms with E-state index >= 15 is 0 Å². The Morgan fingerprint density at radius 1 is 1.26 bits per heavy atom. The van der Waals surface area contributed by atoms with E-state index in [2.05, 4.69) is 5.32 Å². The second-order valence-corrected chi connectivity index (χ2v) is 7.86. The van der Waals surface area contributed by atoms with Crippen LogP contribution >= 0.6 is 0 Å². The number of likely N-dealkylation sites (tertiary alicyclic amines) is 1. The molecule has 1 heterocycles. The van der Waals surface area contributed by atoms with Gasteiger partial charge < -0.3 is 10.2 Å². The van der Waals surface area contributed by atoms with Crippen LogP contribution in [0.25, 0.3) is 0 Å². The summed E-state index contributed by atoms with van der Waals surface area (Å²) < 4.78 is 50.1. The molecule has 5 nitrogen and oxygen atoms in total. The number of carbonyl (C=O) groups excluding carboxylic acids is 1. The number of amides is 2. The standard InChI is InChI=1S/C15H20F2N2O3S/c1-11-4-5-12(10-13(11)23(2,21)22)18-14(20)19-8-3-6-15(16,17)7-9-19/h4-5,10H,3,6-9H2,1-2H3,(H,18,20).